The monoisotopic (exact) mass is 368 g/mol. The van der Waals surface area contributed by atoms with Crippen molar-refractivity contribution in [2.45, 2.75) is 9.92 Å². The van der Waals surface area contributed by atoms with E-state index in [4.69, 9.17) is 0 Å². The number of anilines is 1. The Morgan fingerprint density at radius 2 is 1.81 bits per heavy atom. The Hall–Kier alpha value is -3.53. The topological polar surface area (TPSA) is 123 Å². The maximum absolute atomic E-state index is 12.0. The average Bonchev–Trinajstić information content (AvgIpc) is 2.67. The molecule has 9 nitrogen and oxygen atoms in total. The lowest BCUT2D eigenvalue weighted by Crippen LogP contribution is -2.30. The van der Waals surface area contributed by atoms with Gasteiger partial charge < -0.3 is 0 Å². The molecule has 1 amide bonds. The number of hydrazine groups is 1. The standard InChI is InChI=1S/C16H12N6O3S/c23-15(12-8-4-5-9-17-12)21-20-14-13(22(24)25)16(19-10-18-14)26-11-6-2-1-3-7-11/h1-10H,(H,21,23)(H,18,19,20). The van der Waals surface area contributed by atoms with Crippen LogP contribution in [0.3, 0.4) is 0 Å². The van der Waals surface area contributed by atoms with Crippen molar-refractivity contribution in [3.63, 3.8) is 0 Å². The van der Waals surface area contributed by atoms with Crippen LogP contribution in [0.4, 0.5) is 11.5 Å². The fourth-order valence-electron chi connectivity index (χ4n) is 1.97. The minimum atomic E-state index is -0.597. The van der Waals surface area contributed by atoms with Crippen molar-refractivity contribution in [1.82, 2.24) is 20.4 Å². The molecule has 10 heteroatoms. The van der Waals surface area contributed by atoms with Crippen molar-refractivity contribution in [3.05, 3.63) is 76.9 Å². The highest BCUT2D eigenvalue weighted by molar-refractivity contribution is 7.99. The smallest absolute Gasteiger partial charge is 0.276 e. The fourth-order valence-corrected chi connectivity index (χ4v) is 2.85. The van der Waals surface area contributed by atoms with E-state index in [-0.39, 0.29) is 22.2 Å². The zero-order valence-electron chi connectivity index (χ0n) is 13.2. The molecule has 0 unspecified atom stereocenters. The lowest BCUT2D eigenvalue weighted by atomic mass is 10.3. The predicted molar refractivity (Wildman–Crippen MR) is 94.6 cm³/mol. The molecule has 0 aliphatic rings. The molecule has 0 atom stereocenters. The van der Waals surface area contributed by atoms with Crippen LogP contribution in [-0.2, 0) is 0 Å². The normalized spacial score (nSPS) is 10.2. The van der Waals surface area contributed by atoms with Gasteiger partial charge in [-0.05, 0) is 24.3 Å². The Morgan fingerprint density at radius 1 is 1.04 bits per heavy atom. The summed E-state index contributed by atoms with van der Waals surface area (Å²) >= 11 is 1.13. The summed E-state index contributed by atoms with van der Waals surface area (Å²) in [6.45, 7) is 0. The quantitative estimate of drug-likeness (QED) is 0.387. The molecule has 3 rings (SSSR count). The molecule has 0 spiro atoms. The van der Waals surface area contributed by atoms with Gasteiger partial charge in [0.25, 0.3) is 5.91 Å². The second-order valence-electron chi connectivity index (χ2n) is 4.84. The van der Waals surface area contributed by atoms with Crippen molar-refractivity contribution < 1.29 is 9.72 Å². The van der Waals surface area contributed by atoms with E-state index >= 15 is 0 Å². The third-order valence-electron chi connectivity index (χ3n) is 3.12. The van der Waals surface area contributed by atoms with Crippen LogP contribution in [0, 0.1) is 10.1 Å². The number of nitrogens with zero attached hydrogens (tertiary/aromatic N) is 4. The number of benzene rings is 1. The van der Waals surface area contributed by atoms with Crippen molar-refractivity contribution in [2.75, 3.05) is 5.43 Å². The van der Waals surface area contributed by atoms with Gasteiger partial charge in [-0.3, -0.25) is 30.7 Å². The number of amides is 1. The van der Waals surface area contributed by atoms with Crippen LogP contribution >= 0.6 is 11.8 Å². The van der Waals surface area contributed by atoms with Crippen molar-refractivity contribution in [2.24, 2.45) is 0 Å². The SMILES string of the molecule is O=C(NNc1ncnc(Sc2ccccc2)c1[N+](=O)[O-])c1ccccn1. The summed E-state index contributed by atoms with van der Waals surface area (Å²) in [7, 11) is 0. The molecule has 0 aliphatic carbocycles. The Balaban J connectivity index is 1.82. The van der Waals surface area contributed by atoms with E-state index in [1.807, 2.05) is 30.3 Å². The first-order valence-corrected chi connectivity index (χ1v) is 8.16. The van der Waals surface area contributed by atoms with Crippen LogP contribution < -0.4 is 10.9 Å². The molecule has 0 saturated carbocycles. The highest BCUT2D eigenvalue weighted by atomic mass is 32.2. The molecule has 2 aromatic heterocycles. The molecule has 130 valence electrons. The Morgan fingerprint density at radius 3 is 2.50 bits per heavy atom. The first-order chi connectivity index (χ1) is 12.6. The second-order valence-corrected chi connectivity index (χ2v) is 5.90. The van der Waals surface area contributed by atoms with Gasteiger partial charge in [0.2, 0.25) is 5.82 Å². The van der Waals surface area contributed by atoms with Gasteiger partial charge in [0.05, 0.1) is 4.92 Å². The van der Waals surface area contributed by atoms with Crippen LogP contribution in [-0.4, -0.2) is 25.8 Å². The molecule has 3 aromatic rings. The first-order valence-electron chi connectivity index (χ1n) is 7.35. The largest absolute Gasteiger partial charge is 0.345 e. The average molecular weight is 368 g/mol. The third-order valence-corrected chi connectivity index (χ3v) is 4.12. The van der Waals surface area contributed by atoms with Gasteiger partial charge in [0, 0.05) is 11.1 Å². The molecule has 0 saturated heterocycles. The van der Waals surface area contributed by atoms with E-state index in [0.29, 0.717) is 0 Å². The van der Waals surface area contributed by atoms with Gasteiger partial charge in [-0.1, -0.05) is 36.0 Å². The van der Waals surface area contributed by atoms with Crippen molar-refractivity contribution in [3.8, 4) is 0 Å². The number of aromatic nitrogens is 3. The molecule has 0 aliphatic heterocycles. The Bertz CT molecular complexity index is 924. The zero-order chi connectivity index (χ0) is 18.4. The molecule has 2 N–H and O–H groups in total. The number of nitro groups is 1. The van der Waals surface area contributed by atoms with Gasteiger partial charge >= 0.3 is 5.69 Å². The lowest BCUT2D eigenvalue weighted by molar-refractivity contribution is -0.387. The summed E-state index contributed by atoms with van der Waals surface area (Å²) in [5.74, 6) is -0.663. The van der Waals surface area contributed by atoms with Crippen LogP contribution in [0.25, 0.3) is 0 Å². The number of pyridine rings is 1. The van der Waals surface area contributed by atoms with Crippen molar-refractivity contribution >= 4 is 29.2 Å². The summed E-state index contributed by atoms with van der Waals surface area (Å²) in [5.41, 5.74) is 4.65. The number of carbonyl (C=O) groups excluding carboxylic acids is 1. The molecule has 0 radical (unpaired) electrons. The molecule has 1 aromatic carbocycles. The summed E-state index contributed by atoms with van der Waals surface area (Å²) in [6.07, 6.45) is 2.66. The van der Waals surface area contributed by atoms with Gasteiger partial charge in [-0.15, -0.1) is 0 Å². The summed E-state index contributed by atoms with van der Waals surface area (Å²) in [4.78, 5) is 35.4. The Kier molecular flexibility index (Phi) is 5.34. The number of nitrogens with one attached hydrogen (secondary N) is 2. The maximum Gasteiger partial charge on any atom is 0.345 e. The van der Waals surface area contributed by atoms with Crippen LogP contribution in [0.5, 0.6) is 0 Å². The molecular weight excluding hydrogens is 356 g/mol. The van der Waals surface area contributed by atoms with E-state index in [1.54, 1.807) is 12.1 Å². The summed E-state index contributed by atoms with van der Waals surface area (Å²) in [5, 5.41) is 11.7. The number of hydrogen-bond donors (Lipinski definition) is 2. The molecule has 26 heavy (non-hydrogen) atoms. The lowest BCUT2D eigenvalue weighted by Gasteiger charge is -2.09. The number of rotatable bonds is 6. The third kappa shape index (κ3) is 4.11. The maximum atomic E-state index is 12.0. The molecular formula is C16H12N6O3S. The van der Waals surface area contributed by atoms with Crippen molar-refractivity contribution in [1.29, 1.82) is 0 Å². The molecule has 0 bridgehead atoms. The Labute approximate surface area is 152 Å². The van der Waals surface area contributed by atoms with E-state index in [1.165, 1.54) is 18.6 Å². The zero-order valence-corrected chi connectivity index (χ0v) is 14.0. The highest BCUT2D eigenvalue weighted by Gasteiger charge is 2.24. The number of carbonyl (C=O) groups is 1. The van der Waals surface area contributed by atoms with E-state index in [2.05, 4.69) is 25.8 Å². The van der Waals surface area contributed by atoms with Gasteiger partial charge in [-0.25, -0.2) is 9.97 Å². The first kappa shape index (κ1) is 17.3. The number of hydrogen-bond acceptors (Lipinski definition) is 8. The van der Waals surface area contributed by atoms with E-state index < -0.39 is 10.8 Å². The second kappa shape index (κ2) is 8.03. The molecule has 2 heterocycles. The summed E-state index contributed by atoms with van der Waals surface area (Å²) in [6, 6.07) is 14.0. The molecule has 0 fully saturated rings. The van der Waals surface area contributed by atoms with E-state index in [0.717, 1.165) is 16.7 Å². The van der Waals surface area contributed by atoms with Gasteiger partial charge in [0.15, 0.2) is 5.03 Å². The van der Waals surface area contributed by atoms with E-state index in [9.17, 15) is 14.9 Å². The summed E-state index contributed by atoms with van der Waals surface area (Å²) < 4.78 is 0. The van der Waals surface area contributed by atoms with Gasteiger partial charge in [-0.2, -0.15) is 0 Å². The fraction of sp³-hybridized carbons (Fsp3) is 0. The van der Waals surface area contributed by atoms with Crippen LogP contribution in [0.15, 0.2) is 71.0 Å². The minimum absolute atomic E-state index is 0.118. The highest BCUT2D eigenvalue weighted by Crippen LogP contribution is 2.36. The van der Waals surface area contributed by atoms with Crippen LogP contribution in [0.2, 0.25) is 0 Å². The minimum Gasteiger partial charge on any atom is -0.276 e. The van der Waals surface area contributed by atoms with Gasteiger partial charge in [0.1, 0.15) is 12.0 Å². The van der Waals surface area contributed by atoms with Crippen LogP contribution in [0.1, 0.15) is 10.5 Å². The predicted octanol–water partition coefficient (Wildman–Crippen LogP) is 2.69.